The van der Waals surface area contributed by atoms with Gasteiger partial charge in [-0.25, -0.2) is 0 Å². The SMILES string of the molecule is Cc1ncccc1C(=O)N(C)C1COCC1C(=O)O. The van der Waals surface area contributed by atoms with Crippen LogP contribution in [0.4, 0.5) is 0 Å². The minimum Gasteiger partial charge on any atom is -0.481 e. The zero-order valence-corrected chi connectivity index (χ0v) is 10.9. The number of aromatic nitrogens is 1. The van der Waals surface area contributed by atoms with Crippen LogP contribution in [0.1, 0.15) is 16.1 Å². The van der Waals surface area contributed by atoms with E-state index in [1.165, 1.54) is 4.90 Å². The largest absolute Gasteiger partial charge is 0.481 e. The number of nitrogens with zero attached hydrogens (tertiary/aromatic N) is 2. The van der Waals surface area contributed by atoms with Crippen LogP contribution in [0.3, 0.4) is 0 Å². The Labute approximate surface area is 111 Å². The number of aryl methyl sites for hydroxylation is 1. The lowest BCUT2D eigenvalue weighted by atomic mass is 10.0. The molecule has 0 spiro atoms. The number of rotatable bonds is 3. The molecule has 1 saturated heterocycles. The highest BCUT2D eigenvalue weighted by Gasteiger charge is 2.38. The molecule has 1 aliphatic heterocycles. The van der Waals surface area contributed by atoms with Crippen molar-refractivity contribution in [3.8, 4) is 0 Å². The summed E-state index contributed by atoms with van der Waals surface area (Å²) in [6.07, 6.45) is 1.62. The van der Waals surface area contributed by atoms with Gasteiger partial charge in [0.1, 0.15) is 5.92 Å². The molecule has 6 heteroatoms. The van der Waals surface area contributed by atoms with Gasteiger partial charge in [-0.05, 0) is 19.1 Å². The summed E-state index contributed by atoms with van der Waals surface area (Å²) in [5.74, 6) is -1.84. The highest BCUT2D eigenvalue weighted by molar-refractivity contribution is 5.95. The normalized spacial score (nSPS) is 22.2. The quantitative estimate of drug-likeness (QED) is 0.863. The van der Waals surface area contributed by atoms with E-state index in [1.807, 2.05) is 0 Å². The Balaban J connectivity index is 2.20. The summed E-state index contributed by atoms with van der Waals surface area (Å²) >= 11 is 0. The molecule has 0 saturated carbocycles. The highest BCUT2D eigenvalue weighted by atomic mass is 16.5. The molecule has 1 N–H and O–H groups in total. The van der Waals surface area contributed by atoms with E-state index in [1.54, 1.807) is 32.3 Å². The molecule has 1 aromatic rings. The first-order valence-electron chi connectivity index (χ1n) is 6.01. The van der Waals surface area contributed by atoms with Crippen LogP contribution < -0.4 is 0 Å². The van der Waals surface area contributed by atoms with E-state index in [-0.39, 0.29) is 19.1 Å². The molecular weight excluding hydrogens is 248 g/mol. The van der Waals surface area contributed by atoms with E-state index < -0.39 is 17.9 Å². The van der Waals surface area contributed by atoms with Gasteiger partial charge in [0.05, 0.1) is 24.8 Å². The summed E-state index contributed by atoms with van der Waals surface area (Å²) in [6, 6.07) is 2.94. The zero-order chi connectivity index (χ0) is 14.0. The Morgan fingerprint density at radius 1 is 1.47 bits per heavy atom. The maximum atomic E-state index is 12.4. The molecule has 2 heterocycles. The molecule has 0 aliphatic carbocycles. The van der Waals surface area contributed by atoms with Gasteiger partial charge in [-0.15, -0.1) is 0 Å². The molecular formula is C13H16N2O4. The third kappa shape index (κ3) is 2.58. The average molecular weight is 264 g/mol. The number of carboxylic acids is 1. The van der Waals surface area contributed by atoms with Gasteiger partial charge in [0.2, 0.25) is 0 Å². The molecule has 19 heavy (non-hydrogen) atoms. The number of carbonyl (C=O) groups is 2. The summed E-state index contributed by atoms with van der Waals surface area (Å²) < 4.78 is 5.18. The second kappa shape index (κ2) is 5.36. The first-order valence-corrected chi connectivity index (χ1v) is 6.01. The molecule has 2 atom stereocenters. The van der Waals surface area contributed by atoms with Crippen LogP contribution >= 0.6 is 0 Å². The van der Waals surface area contributed by atoms with Crippen LogP contribution in [0.2, 0.25) is 0 Å². The van der Waals surface area contributed by atoms with Gasteiger partial charge in [-0.2, -0.15) is 0 Å². The maximum absolute atomic E-state index is 12.4. The van der Waals surface area contributed by atoms with Crippen LogP contribution in [0.5, 0.6) is 0 Å². The number of ether oxygens (including phenoxy) is 1. The number of pyridine rings is 1. The molecule has 6 nitrogen and oxygen atoms in total. The van der Waals surface area contributed by atoms with Crippen LogP contribution in [0.15, 0.2) is 18.3 Å². The Morgan fingerprint density at radius 2 is 2.21 bits per heavy atom. The summed E-state index contributed by atoms with van der Waals surface area (Å²) in [6.45, 7) is 2.14. The van der Waals surface area contributed by atoms with Gasteiger partial charge in [0, 0.05) is 18.9 Å². The van der Waals surface area contributed by atoms with Crippen molar-refractivity contribution in [1.82, 2.24) is 9.88 Å². The van der Waals surface area contributed by atoms with E-state index in [0.717, 1.165) is 0 Å². The number of hydrogen-bond acceptors (Lipinski definition) is 4. The van der Waals surface area contributed by atoms with E-state index in [2.05, 4.69) is 4.98 Å². The Hall–Kier alpha value is -1.95. The zero-order valence-electron chi connectivity index (χ0n) is 10.9. The molecule has 2 rings (SSSR count). The lowest BCUT2D eigenvalue weighted by Gasteiger charge is -2.26. The highest BCUT2D eigenvalue weighted by Crippen LogP contribution is 2.21. The van der Waals surface area contributed by atoms with Gasteiger partial charge in [0.15, 0.2) is 0 Å². The minimum atomic E-state index is -0.940. The molecule has 1 aliphatic rings. The second-order valence-corrected chi connectivity index (χ2v) is 4.60. The summed E-state index contributed by atoms with van der Waals surface area (Å²) in [4.78, 5) is 29.0. The van der Waals surface area contributed by atoms with Gasteiger partial charge >= 0.3 is 5.97 Å². The smallest absolute Gasteiger partial charge is 0.311 e. The van der Waals surface area contributed by atoms with Crippen molar-refractivity contribution < 1.29 is 19.4 Å². The lowest BCUT2D eigenvalue weighted by molar-refractivity contribution is -0.142. The van der Waals surface area contributed by atoms with Crippen molar-refractivity contribution in [2.75, 3.05) is 20.3 Å². The fourth-order valence-electron chi connectivity index (χ4n) is 2.21. The lowest BCUT2D eigenvalue weighted by Crippen LogP contribution is -2.44. The van der Waals surface area contributed by atoms with Gasteiger partial charge in [-0.3, -0.25) is 14.6 Å². The Kier molecular flexibility index (Phi) is 3.80. The Morgan fingerprint density at radius 3 is 2.84 bits per heavy atom. The number of likely N-dealkylation sites (N-methyl/N-ethyl adjacent to an activating group) is 1. The van der Waals surface area contributed by atoms with Crippen LogP contribution in [0, 0.1) is 12.8 Å². The van der Waals surface area contributed by atoms with Crippen molar-refractivity contribution in [2.24, 2.45) is 5.92 Å². The van der Waals surface area contributed by atoms with Crippen molar-refractivity contribution in [2.45, 2.75) is 13.0 Å². The molecule has 0 bridgehead atoms. The van der Waals surface area contributed by atoms with Crippen molar-refractivity contribution >= 4 is 11.9 Å². The number of carboxylic acid groups (broad SMARTS) is 1. The van der Waals surface area contributed by atoms with Gasteiger partial charge < -0.3 is 14.7 Å². The standard InChI is InChI=1S/C13H16N2O4/c1-8-9(4-3-5-14-8)12(16)15(2)11-7-19-6-10(11)13(17)18/h3-5,10-11H,6-7H2,1-2H3,(H,17,18). The first-order chi connectivity index (χ1) is 9.02. The van der Waals surface area contributed by atoms with E-state index in [0.29, 0.717) is 11.3 Å². The predicted molar refractivity (Wildman–Crippen MR) is 66.8 cm³/mol. The minimum absolute atomic E-state index is 0.143. The summed E-state index contributed by atoms with van der Waals surface area (Å²) in [5.41, 5.74) is 1.12. The first kappa shape index (κ1) is 13.5. The van der Waals surface area contributed by atoms with E-state index in [9.17, 15) is 9.59 Å². The number of hydrogen-bond donors (Lipinski definition) is 1. The van der Waals surface area contributed by atoms with E-state index >= 15 is 0 Å². The molecule has 1 amide bonds. The molecule has 1 aromatic heterocycles. The molecule has 2 unspecified atom stereocenters. The molecule has 0 radical (unpaired) electrons. The fraction of sp³-hybridized carbons (Fsp3) is 0.462. The van der Waals surface area contributed by atoms with Gasteiger partial charge in [-0.1, -0.05) is 0 Å². The van der Waals surface area contributed by atoms with Crippen LogP contribution in [-0.2, 0) is 9.53 Å². The van der Waals surface area contributed by atoms with Crippen molar-refractivity contribution in [3.05, 3.63) is 29.6 Å². The fourth-order valence-corrected chi connectivity index (χ4v) is 2.21. The molecule has 1 fully saturated rings. The van der Waals surface area contributed by atoms with Crippen LogP contribution in [-0.4, -0.2) is 53.2 Å². The topological polar surface area (TPSA) is 79.7 Å². The maximum Gasteiger partial charge on any atom is 0.311 e. The predicted octanol–water partition coefficient (Wildman–Crippen LogP) is 0.562. The molecule has 0 aromatic carbocycles. The van der Waals surface area contributed by atoms with Crippen molar-refractivity contribution in [3.63, 3.8) is 0 Å². The summed E-state index contributed by atoms with van der Waals surface area (Å²) in [7, 11) is 1.60. The average Bonchev–Trinajstić information content (AvgIpc) is 2.87. The number of amides is 1. The second-order valence-electron chi connectivity index (χ2n) is 4.60. The van der Waals surface area contributed by atoms with Crippen molar-refractivity contribution in [1.29, 1.82) is 0 Å². The van der Waals surface area contributed by atoms with E-state index in [4.69, 9.17) is 9.84 Å². The van der Waals surface area contributed by atoms with Crippen LogP contribution in [0.25, 0.3) is 0 Å². The Bertz CT molecular complexity index is 503. The van der Waals surface area contributed by atoms with Gasteiger partial charge in [0.25, 0.3) is 5.91 Å². The molecule has 102 valence electrons. The third-order valence-corrected chi connectivity index (χ3v) is 3.42. The number of aliphatic carboxylic acids is 1. The third-order valence-electron chi connectivity index (χ3n) is 3.42. The summed E-state index contributed by atoms with van der Waals surface area (Å²) in [5, 5.41) is 9.11. The number of carbonyl (C=O) groups excluding carboxylic acids is 1. The monoisotopic (exact) mass is 264 g/mol.